The maximum atomic E-state index is 7.69. The van der Waals surface area contributed by atoms with Crippen molar-refractivity contribution in [3.05, 3.63) is 149 Å². The molecule has 0 fully saturated rings. The van der Waals surface area contributed by atoms with E-state index in [0.717, 1.165) is 17.1 Å². The molecule has 3 aliphatic rings. The van der Waals surface area contributed by atoms with Crippen LogP contribution in [0.1, 0.15) is 110 Å². The lowest BCUT2D eigenvalue weighted by Gasteiger charge is -2.43. The molecule has 5 heteroatoms. The van der Waals surface area contributed by atoms with E-state index >= 15 is 0 Å². The fraction of sp³-hybridized carbons (Fsp3) is 0.286. The molecule has 6 aromatic carbocycles. The van der Waals surface area contributed by atoms with Crippen LogP contribution < -0.4 is 26.4 Å². The van der Waals surface area contributed by atoms with Crippen LogP contribution in [-0.4, -0.2) is 6.71 Å². The normalized spacial score (nSPS) is 15.2. The van der Waals surface area contributed by atoms with Gasteiger partial charge < -0.3 is 14.2 Å². The first-order valence-electron chi connectivity index (χ1n) is 22.0. The average molecular weight is 815 g/mol. The van der Waals surface area contributed by atoms with Gasteiger partial charge in [-0.2, -0.15) is 0 Å². The van der Waals surface area contributed by atoms with E-state index in [9.17, 15) is 0 Å². The van der Waals surface area contributed by atoms with Gasteiger partial charge in [0.05, 0.1) is 11.3 Å². The largest absolute Gasteiger partial charge is 0.468 e. The molecule has 11 rings (SSSR count). The van der Waals surface area contributed by atoms with E-state index in [1.54, 1.807) is 0 Å². The lowest BCUT2D eigenvalue weighted by atomic mass is 9.35. The van der Waals surface area contributed by atoms with Crippen LogP contribution >= 0.6 is 11.3 Å². The minimum absolute atomic E-state index is 0.00334. The number of benzene rings is 6. The number of para-hydroxylation sites is 1. The van der Waals surface area contributed by atoms with Gasteiger partial charge >= 0.3 is 0 Å². The number of fused-ring (bicyclic) bond motifs is 12. The molecule has 8 aromatic rings. The topological polar surface area (TPSA) is 19.6 Å². The molecule has 0 spiro atoms. The van der Waals surface area contributed by atoms with Gasteiger partial charge in [0.15, 0.2) is 0 Å². The van der Waals surface area contributed by atoms with Crippen LogP contribution in [0.15, 0.2) is 120 Å². The number of hydrogen-bond donors (Lipinski definition) is 0. The molecule has 0 bridgehead atoms. The highest BCUT2D eigenvalue weighted by atomic mass is 32.1. The minimum Gasteiger partial charge on any atom is -0.468 e. The Labute approximate surface area is 366 Å². The second kappa shape index (κ2) is 12.5. The van der Waals surface area contributed by atoms with E-state index in [0.29, 0.717) is 0 Å². The zero-order valence-corrected chi connectivity index (χ0v) is 38.6. The molecule has 0 radical (unpaired) electrons. The second-order valence-corrected chi connectivity index (χ2v) is 22.6. The highest BCUT2D eigenvalue weighted by molar-refractivity contribution is 7.28. The van der Waals surface area contributed by atoms with Gasteiger partial charge in [0, 0.05) is 59.8 Å². The van der Waals surface area contributed by atoms with Crippen molar-refractivity contribution < 1.29 is 4.42 Å². The number of rotatable bonds is 2. The van der Waals surface area contributed by atoms with Gasteiger partial charge in [-0.25, -0.2) is 0 Å². The molecule has 304 valence electrons. The molecule has 4 heterocycles. The number of furan rings is 1. The SMILES string of the molecule is Cc1cc2c3c(c1)N(c1ccccc1)c1c(oc4c1C(C)(C)c1ccc(C(C)(C)C)cc1-4)B3c1c(ccc3c1sc1ccc(C(C)(C)C)cc13)N2c1ccc(C(C)(C)C)cc1. The zero-order valence-electron chi connectivity index (χ0n) is 37.8. The number of thiophene rings is 1. The quantitative estimate of drug-likeness (QED) is 0.162. The fourth-order valence-corrected chi connectivity index (χ4v) is 11.9. The van der Waals surface area contributed by atoms with Crippen molar-refractivity contribution in [2.24, 2.45) is 0 Å². The molecule has 0 atom stereocenters. The third kappa shape index (κ3) is 5.48. The van der Waals surface area contributed by atoms with Gasteiger partial charge in [-0.05, 0) is 128 Å². The summed E-state index contributed by atoms with van der Waals surface area (Å²) < 4.78 is 10.3. The van der Waals surface area contributed by atoms with E-state index < -0.39 is 0 Å². The Morgan fingerprint density at radius 3 is 1.85 bits per heavy atom. The Morgan fingerprint density at radius 2 is 1.18 bits per heavy atom. The molecular formula is C56H55BN2OS. The van der Waals surface area contributed by atoms with Crippen molar-refractivity contribution in [1.82, 2.24) is 0 Å². The van der Waals surface area contributed by atoms with Gasteiger partial charge in [0.2, 0.25) is 0 Å². The third-order valence-electron chi connectivity index (χ3n) is 13.9. The molecule has 0 saturated heterocycles. The van der Waals surface area contributed by atoms with Gasteiger partial charge in [-0.1, -0.05) is 131 Å². The van der Waals surface area contributed by atoms with Gasteiger partial charge in [0.25, 0.3) is 6.71 Å². The van der Waals surface area contributed by atoms with Crippen molar-refractivity contribution in [3.63, 3.8) is 0 Å². The average Bonchev–Trinajstić information content (AvgIpc) is 3.85. The summed E-state index contributed by atoms with van der Waals surface area (Å²) in [5, 5.41) is 2.65. The standard InChI is InChI=1S/C56H55BN2OS/c1-32-28-43-47-44(29-32)59(36-16-14-13-15-17-36)49-46-50(40-31-34(54(5,6)7)20-25-41(40)56(46,11)12)60-52(49)57(47)48-42(58(43)37-22-18-33(19-23-37)53(2,3)4)26-24-38-39-30-35(55(8,9)10)21-27-45(39)61-51(38)48/h13-31H,1-12H3. The van der Waals surface area contributed by atoms with Crippen molar-refractivity contribution in [3.8, 4) is 11.3 Å². The molecule has 2 aromatic heterocycles. The summed E-state index contributed by atoms with van der Waals surface area (Å²) in [5.74, 6) is 1.02. The van der Waals surface area contributed by atoms with Crippen LogP contribution in [0.4, 0.5) is 34.1 Å². The van der Waals surface area contributed by atoms with Crippen LogP contribution in [0.25, 0.3) is 31.5 Å². The lowest BCUT2D eigenvalue weighted by molar-refractivity contribution is 0.588. The van der Waals surface area contributed by atoms with E-state index in [4.69, 9.17) is 4.42 Å². The predicted molar refractivity (Wildman–Crippen MR) is 264 cm³/mol. The lowest BCUT2D eigenvalue weighted by Crippen LogP contribution is -2.61. The first-order chi connectivity index (χ1) is 28.8. The van der Waals surface area contributed by atoms with E-state index in [2.05, 4.69) is 208 Å². The van der Waals surface area contributed by atoms with Crippen LogP contribution in [0.5, 0.6) is 0 Å². The third-order valence-corrected chi connectivity index (χ3v) is 15.2. The van der Waals surface area contributed by atoms with Crippen molar-refractivity contribution in [1.29, 1.82) is 0 Å². The van der Waals surface area contributed by atoms with Crippen LogP contribution in [0, 0.1) is 6.92 Å². The molecule has 0 amide bonds. The molecule has 0 unspecified atom stereocenters. The fourth-order valence-electron chi connectivity index (χ4n) is 10.6. The van der Waals surface area contributed by atoms with Crippen molar-refractivity contribution >= 4 is 88.9 Å². The Kier molecular flexibility index (Phi) is 7.90. The summed E-state index contributed by atoms with van der Waals surface area (Å²) in [6.07, 6.45) is 0. The summed E-state index contributed by atoms with van der Waals surface area (Å²) in [7, 11) is 0. The van der Waals surface area contributed by atoms with Gasteiger partial charge in [-0.3, -0.25) is 0 Å². The van der Waals surface area contributed by atoms with E-state index in [1.807, 2.05) is 11.3 Å². The molecule has 61 heavy (non-hydrogen) atoms. The summed E-state index contributed by atoms with van der Waals surface area (Å²) in [4.78, 5) is 5.10. The number of anilines is 6. The highest BCUT2D eigenvalue weighted by Crippen LogP contribution is 2.57. The summed E-state index contributed by atoms with van der Waals surface area (Å²) in [6.45, 7) is 27.7. The zero-order chi connectivity index (χ0) is 42.7. The van der Waals surface area contributed by atoms with Crippen LogP contribution in [0.3, 0.4) is 0 Å². The smallest absolute Gasteiger partial charge is 0.298 e. The predicted octanol–water partition coefficient (Wildman–Crippen LogP) is 14.2. The Balaban J connectivity index is 1.28. The number of hydrogen-bond acceptors (Lipinski definition) is 4. The second-order valence-electron chi connectivity index (χ2n) is 21.5. The molecular weight excluding hydrogens is 760 g/mol. The molecule has 2 aliphatic heterocycles. The summed E-state index contributed by atoms with van der Waals surface area (Å²) >= 11 is 1.94. The monoisotopic (exact) mass is 814 g/mol. The van der Waals surface area contributed by atoms with Crippen LogP contribution in [-0.2, 0) is 21.7 Å². The maximum absolute atomic E-state index is 7.69. The van der Waals surface area contributed by atoms with Gasteiger partial charge in [0.1, 0.15) is 5.76 Å². The van der Waals surface area contributed by atoms with E-state index in [-0.39, 0.29) is 28.4 Å². The highest BCUT2D eigenvalue weighted by Gasteiger charge is 2.52. The van der Waals surface area contributed by atoms with Crippen LogP contribution in [0.2, 0.25) is 0 Å². The van der Waals surface area contributed by atoms with Crippen molar-refractivity contribution in [2.45, 2.75) is 105 Å². The summed E-state index contributed by atoms with van der Waals surface area (Å²) in [6, 6.07) is 44.2. The Hall–Kier alpha value is -5.52. The first kappa shape index (κ1) is 38.4. The Morgan fingerprint density at radius 1 is 0.574 bits per heavy atom. The first-order valence-corrected chi connectivity index (χ1v) is 22.9. The van der Waals surface area contributed by atoms with Crippen molar-refractivity contribution in [2.75, 3.05) is 9.80 Å². The molecule has 1 aliphatic carbocycles. The molecule has 0 saturated carbocycles. The maximum Gasteiger partial charge on any atom is 0.298 e. The molecule has 3 nitrogen and oxygen atoms in total. The Bertz CT molecular complexity index is 3130. The van der Waals surface area contributed by atoms with E-state index in [1.165, 1.54) is 98.5 Å². The molecule has 0 N–H and O–H groups in total. The minimum atomic E-state index is -0.291. The number of aryl methyl sites for hydroxylation is 1. The summed E-state index contributed by atoms with van der Waals surface area (Å²) in [5.41, 5.74) is 19.7. The van der Waals surface area contributed by atoms with Gasteiger partial charge in [-0.15, -0.1) is 11.3 Å². The number of nitrogens with zero attached hydrogens (tertiary/aromatic N) is 2.